The molecule has 1 aromatic heterocycles. The van der Waals surface area contributed by atoms with Crippen molar-refractivity contribution < 1.29 is 9.15 Å². The van der Waals surface area contributed by atoms with Crippen molar-refractivity contribution in [1.29, 1.82) is 0 Å². The zero-order chi connectivity index (χ0) is 19.1. The van der Waals surface area contributed by atoms with Crippen LogP contribution in [0.25, 0.3) is 11.0 Å². The Kier molecular flexibility index (Phi) is 4.56. The van der Waals surface area contributed by atoms with E-state index in [1.807, 2.05) is 32.0 Å². The molecular weight excluding hydrogens is 360 g/mol. The van der Waals surface area contributed by atoms with Gasteiger partial charge < -0.3 is 9.15 Å². The van der Waals surface area contributed by atoms with Gasteiger partial charge in [-0.2, -0.15) is 0 Å². The van der Waals surface area contributed by atoms with E-state index in [0.717, 1.165) is 11.1 Å². The molecule has 0 saturated heterocycles. The minimum absolute atomic E-state index is 0.00970. The normalized spacial score (nSPS) is 21.4. The maximum atomic E-state index is 13.1. The van der Waals surface area contributed by atoms with Crippen LogP contribution in [0.3, 0.4) is 0 Å². The van der Waals surface area contributed by atoms with E-state index in [4.69, 9.17) is 20.8 Å². The molecule has 1 aliphatic rings. The van der Waals surface area contributed by atoms with Gasteiger partial charge in [0.1, 0.15) is 11.7 Å². The predicted octanol–water partition coefficient (Wildman–Crippen LogP) is 6.06. The molecule has 0 radical (unpaired) electrons. The summed E-state index contributed by atoms with van der Waals surface area (Å²) >= 11 is 6.07. The van der Waals surface area contributed by atoms with Gasteiger partial charge in [0.15, 0.2) is 5.76 Å². The van der Waals surface area contributed by atoms with Crippen LogP contribution in [0.2, 0.25) is 5.02 Å². The number of hydrogen-bond donors (Lipinski definition) is 0. The largest absolute Gasteiger partial charge is 0.478 e. The second-order valence-corrected chi connectivity index (χ2v) is 7.75. The van der Waals surface area contributed by atoms with Crippen LogP contribution in [0.4, 0.5) is 0 Å². The Hall–Kier alpha value is -2.52. The van der Waals surface area contributed by atoms with Crippen molar-refractivity contribution in [2.45, 2.75) is 38.7 Å². The third-order valence-electron chi connectivity index (χ3n) is 5.08. The highest BCUT2D eigenvalue weighted by Gasteiger charge is 2.39. The van der Waals surface area contributed by atoms with Crippen LogP contribution in [0, 0.1) is 0 Å². The molecular formula is C23H21ClO3. The molecule has 4 rings (SSSR count). The first-order valence-corrected chi connectivity index (χ1v) is 9.46. The maximum Gasteiger partial charge on any atom is 0.234 e. The third-order valence-corrected chi connectivity index (χ3v) is 5.31. The van der Waals surface area contributed by atoms with E-state index in [2.05, 4.69) is 25.1 Å². The molecule has 0 N–H and O–H groups in total. The van der Waals surface area contributed by atoms with E-state index in [0.29, 0.717) is 27.5 Å². The summed E-state index contributed by atoms with van der Waals surface area (Å²) in [6.07, 6.45) is 1.85. The molecule has 0 saturated carbocycles. The molecule has 2 aromatic carbocycles. The summed E-state index contributed by atoms with van der Waals surface area (Å²) in [5.41, 5.74) is 2.67. The first-order chi connectivity index (χ1) is 13.0. The van der Waals surface area contributed by atoms with Gasteiger partial charge in [-0.1, -0.05) is 54.4 Å². The zero-order valence-electron chi connectivity index (χ0n) is 15.5. The van der Waals surface area contributed by atoms with Crippen molar-refractivity contribution in [3.05, 3.63) is 86.7 Å². The van der Waals surface area contributed by atoms with E-state index in [1.165, 1.54) is 0 Å². The van der Waals surface area contributed by atoms with E-state index >= 15 is 0 Å². The summed E-state index contributed by atoms with van der Waals surface area (Å²) in [5, 5.41) is 0.948. The van der Waals surface area contributed by atoms with Crippen molar-refractivity contribution in [1.82, 2.24) is 0 Å². The van der Waals surface area contributed by atoms with E-state index in [9.17, 15) is 4.79 Å². The van der Waals surface area contributed by atoms with Gasteiger partial charge in [0.25, 0.3) is 0 Å². The molecule has 2 heterocycles. The second-order valence-electron chi connectivity index (χ2n) is 7.32. The lowest BCUT2D eigenvalue weighted by molar-refractivity contribution is 0.156. The molecule has 3 nitrogen and oxygen atoms in total. The van der Waals surface area contributed by atoms with Crippen molar-refractivity contribution >= 4 is 22.6 Å². The lowest BCUT2D eigenvalue weighted by atomic mass is 9.78. The Labute approximate surface area is 163 Å². The number of hydrogen-bond acceptors (Lipinski definition) is 3. The molecule has 3 aromatic rings. The van der Waals surface area contributed by atoms with Gasteiger partial charge >= 0.3 is 0 Å². The molecule has 27 heavy (non-hydrogen) atoms. The van der Waals surface area contributed by atoms with Gasteiger partial charge in [-0.3, -0.25) is 4.79 Å². The summed E-state index contributed by atoms with van der Waals surface area (Å²) in [5.74, 6) is 0.944. The van der Waals surface area contributed by atoms with Crippen LogP contribution in [-0.2, 0) is 0 Å². The molecule has 3 atom stereocenters. The average Bonchev–Trinajstić information content (AvgIpc) is 2.64. The molecule has 4 heteroatoms. The predicted molar refractivity (Wildman–Crippen MR) is 109 cm³/mol. The summed E-state index contributed by atoms with van der Waals surface area (Å²) in [6, 6.07) is 15.3. The fourth-order valence-electron chi connectivity index (χ4n) is 3.86. The fourth-order valence-corrected chi connectivity index (χ4v) is 4.03. The van der Waals surface area contributed by atoms with Crippen LogP contribution in [0.5, 0.6) is 5.75 Å². The lowest BCUT2D eigenvalue weighted by Crippen LogP contribution is -2.35. The highest BCUT2D eigenvalue weighted by Crippen LogP contribution is 2.45. The smallest absolute Gasteiger partial charge is 0.234 e. The molecule has 0 spiro atoms. The Bertz CT molecular complexity index is 1080. The number of allylic oxidation sites excluding steroid dienone is 1. The van der Waals surface area contributed by atoms with Crippen LogP contribution < -0.4 is 10.2 Å². The van der Waals surface area contributed by atoms with Crippen molar-refractivity contribution in [3.63, 3.8) is 0 Å². The van der Waals surface area contributed by atoms with Gasteiger partial charge in [0, 0.05) is 16.9 Å². The molecule has 0 aliphatic carbocycles. The first kappa shape index (κ1) is 17.9. The summed E-state index contributed by atoms with van der Waals surface area (Å²) in [4.78, 5) is 13.1. The van der Waals surface area contributed by atoms with E-state index in [-0.39, 0.29) is 23.4 Å². The standard InChI is InChI=1S/C23H21ClO3/c1-13(2)11-19-20(15-7-5-4-6-8-15)14(3)22-23(27-19)21(25)17-12-16(24)9-10-18(17)26-22/h4-12,14,19-20H,1-3H3/t14-,19+,20+/m1/s1. The lowest BCUT2D eigenvalue weighted by Gasteiger charge is -2.36. The third kappa shape index (κ3) is 3.17. The average molecular weight is 381 g/mol. The minimum atomic E-state index is -0.237. The Morgan fingerprint density at radius 3 is 2.56 bits per heavy atom. The summed E-state index contributed by atoms with van der Waals surface area (Å²) < 4.78 is 12.4. The summed E-state index contributed by atoms with van der Waals surface area (Å²) in [6.45, 7) is 6.16. The van der Waals surface area contributed by atoms with Crippen LogP contribution in [0.1, 0.15) is 43.9 Å². The van der Waals surface area contributed by atoms with Gasteiger partial charge in [0.05, 0.1) is 5.39 Å². The van der Waals surface area contributed by atoms with Crippen molar-refractivity contribution in [2.75, 3.05) is 0 Å². The number of benzene rings is 2. The first-order valence-electron chi connectivity index (χ1n) is 9.08. The number of ether oxygens (including phenoxy) is 1. The van der Waals surface area contributed by atoms with Crippen LogP contribution >= 0.6 is 11.6 Å². The quantitative estimate of drug-likeness (QED) is 0.507. The fraction of sp³-hybridized carbons (Fsp3) is 0.261. The highest BCUT2D eigenvalue weighted by atomic mass is 35.5. The van der Waals surface area contributed by atoms with Gasteiger partial charge in [0.2, 0.25) is 11.2 Å². The number of halogens is 1. The van der Waals surface area contributed by atoms with Crippen molar-refractivity contribution in [2.24, 2.45) is 0 Å². The molecule has 0 unspecified atom stereocenters. The minimum Gasteiger partial charge on any atom is -0.478 e. The van der Waals surface area contributed by atoms with Crippen LogP contribution in [-0.4, -0.2) is 6.10 Å². The number of rotatable bonds is 2. The molecule has 0 bridgehead atoms. The monoisotopic (exact) mass is 380 g/mol. The Balaban J connectivity index is 1.94. The Morgan fingerprint density at radius 1 is 1.11 bits per heavy atom. The van der Waals surface area contributed by atoms with Crippen LogP contribution in [0.15, 0.2) is 69.4 Å². The van der Waals surface area contributed by atoms with Gasteiger partial charge in [-0.25, -0.2) is 0 Å². The SMILES string of the molecule is CC(C)=C[C@@H]1Oc2c(oc3ccc(Cl)cc3c2=O)[C@H](C)[C@H]1c1ccccc1. The van der Waals surface area contributed by atoms with E-state index < -0.39 is 0 Å². The molecule has 0 fully saturated rings. The van der Waals surface area contributed by atoms with Gasteiger partial charge in [-0.15, -0.1) is 0 Å². The van der Waals surface area contributed by atoms with Gasteiger partial charge in [-0.05, 0) is 43.7 Å². The van der Waals surface area contributed by atoms with E-state index in [1.54, 1.807) is 18.2 Å². The molecule has 0 amide bonds. The Morgan fingerprint density at radius 2 is 1.85 bits per heavy atom. The highest BCUT2D eigenvalue weighted by molar-refractivity contribution is 6.31. The van der Waals surface area contributed by atoms with Crippen molar-refractivity contribution in [3.8, 4) is 5.75 Å². The maximum absolute atomic E-state index is 13.1. The molecule has 138 valence electrons. The molecule has 1 aliphatic heterocycles. The number of fused-ring (bicyclic) bond motifs is 2. The summed E-state index contributed by atoms with van der Waals surface area (Å²) in [7, 11) is 0. The second kappa shape index (κ2) is 6.90. The topological polar surface area (TPSA) is 39.4 Å². The zero-order valence-corrected chi connectivity index (χ0v) is 16.3.